The number of piperidine rings is 1. The van der Waals surface area contributed by atoms with Crippen molar-refractivity contribution in [1.29, 1.82) is 0 Å². The van der Waals surface area contributed by atoms with Gasteiger partial charge in [-0.2, -0.15) is 0 Å². The summed E-state index contributed by atoms with van der Waals surface area (Å²) in [6.45, 7) is 4.34. The predicted octanol–water partition coefficient (Wildman–Crippen LogP) is 3.55. The molecule has 0 bridgehead atoms. The Kier molecular flexibility index (Phi) is 4.74. The number of rotatable bonds is 3. The molecule has 1 N–H and O–H groups in total. The van der Waals surface area contributed by atoms with Gasteiger partial charge in [0.25, 0.3) is 0 Å². The van der Waals surface area contributed by atoms with E-state index in [1.54, 1.807) is 6.07 Å². The van der Waals surface area contributed by atoms with Gasteiger partial charge in [0.15, 0.2) is 0 Å². The maximum atomic E-state index is 13.6. The van der Waals surface area contributed by atoms with Crippen molar-refractivity contribution in [2.75, 3.05) is 19.6 Å². The third kappa shape index (κ3) is 3.41. The molecule has 0 radical (unpaired) electrons. The summed E-state index contributed by atoms with van der Waals surface area (Å²) in [5.74, 6) is 0.611. The van der Waals surface area contributed by atoms with Crippen molar-refractivity contribution >= 4 is 15.9 Å². The Balaban J connectivity index is 1.60. The number of nitrogens with zero attached hydrogens (tertiary/aromatic N) is 1. The van der Waals surface area contributed by atoms with Gasteiger partial charge in [-0.25, -0.2) is 4.39 Å². The second kappa shape index (κ2) is 6.54. The molecule has 1 aromatic rings. The minimum absolute atomic E-state index is 0.159. The molecule has 1 aromatic carbocycles. The van der Waals surface area contributed by atoms with Crippen molar-refractivity contribution in [3.8, 4) is 0 Å². The molecular formula is C16H22BrFN2. The molecule has 20 heavy (non-hydrogen) atoms. The first-order valence-corrected chi connectivity index (χ1v) is 8.41. The fraction of sp³-hybridized carbons (Fsp3) is 0.625. The van der Waals surface area contributed by atoms with E-state index in [2.05, 4.69) is 26.1 Å². The first kappa shape index (κ1) is 14.5. The lowest BCUT2D eigenvalue weighted by molar-refractivity contribution is 0.145. The van der Waals surface area contributed by atoms with Gasteiger partial charge in [0, 0.05) is 19.1 Å². The molecule has 0 aliphatic carbocycles. The number of likely N-dealkylation sites (tertiary alicyclic amines) is 1. The standard InChI is InChI=1S/C16H22BrFN2/c17-14-6-5-12(9-15(14)18)10-20-8-2-3-13(11-20)16-4-1-7-19-16/h5-6,9,13,16,19H,1-4,7-8,10-11H2. The number of hydrogen-bond acceptors (Lipinski definition) is 2. The highest BCUT2D eigenvalue weighted by molar-refractivity contribution is 9.10. The van der Waals surface area contributed by atoms with Gasteiger partial charge in [-0.1, -0.05) is 6.07 Å². The summed E-state index contributed by atoms with van der Waals surface area (Å²) < 4.78 is 14.1. The third-order valence-electron chi connectivity index (χ3n) is 4.60. The minimum atomic E-state index is -0.159. The van der Waals surface area contributed by atoms with Crippen LogP contribution in [-0.4, -0.2) is 30.6 Å². The maximum absolute atomic E-state index is 13.6. The number of benzene rings is 1. The first-order valence-electron chi connectivity index (χ1n) is 7.62. The van der Waals surface area contributed by atoms with Crippen molar-refractivity contribution in [1.82, 2.24) is 10.2 Å². The molecule has 2 fully saturated rings. The highest BCUT2D eigenvalue weighted by atomic mass is 79.9. The molecule has 2 heterocycles. The monoisotopic (exact) mass is 340 g/mol. The fourth-order valence-electron chi connectivity index (χ4n) is 3.57. The Morgan fingerprint density at radius 3 is 2.95 bits per heavy atom. The Morgan fingerprint density at radius 2 is 2.20 bits per heavy atom. The number of halogens is 2. The summed E-state index contributed by atoms with van der Waals surface area (Å²) >= 11 is 3.21. The Morgan fingerprint density at radius 1 is 1.30 bits per heavy atom. The van der Waals surface area contributed by atoms with Crippen LogP contribution in [0.1, 0.15) is 31.2 Å². The van der Waals surface area contributed by atoms with Crippen LogP contribution in [0.3, 0.4) is 0 Å². The van der Waals surface area contributed by atoms with E-state index in [0.717, 1.165) is 31.1 Å². The molecule has 110 valence electrons. The Hall–Kier alpha value is -0.450. The maximum Gasteiger partial charge on any atom is 0.137 e. The number of nitrogens with one attached hydrogen (secondary N) is 1. The Labute approximate surface area is 128 Å². The summed E-state index contributed by atoms with van der Waals surface area (Å²) in [6.07, 6.45) is 5.25. The van der Waals surface area contributed by atoms with Crippen molar-refractivity contribution in [3.63, 3.8) is 0 Å². The van der Waals surface area contributed by atoms with Gasteiger partial charge < -0.3 is 5.32 Å². The average Bonchev–Trinajstić information content (AvgIpc) is 2.97. The highest BCUT2D eigenvalue weighted by Gasteiger charge is 2.28. The summed E-state index contributed by atoms with van der Waals surface area (Å²) in [7, 11) is 0. The van der Waals surface area contributed by atoms with E-state index in [0.29, 0.717) is 10.5 Å². The van der Waals surface area contributed by atoms with Crippen molar-refractivity contribution in [2.45, 2.75) is 38.3 Å². The summed E-state index contributed by atoms with van der Waals surface area (Å²) in [5.41, 5.74) is 1.07. The molecule has 0 saturated carbocycles. The number of hydrogen-bond donors (Lipinski definition) is 1. The summed E-state index contributed by atoms with van der Waals surface area (Å²) in [5, 5.41) is 3.63. The molecule has 2 unspecified atom stereocenters. The highest BCUT2D eigenvalue weighted by Crippen LogP contribution is 2.26. The molecule has 0 aromatic heterocycles. The van der Waals surface area contributed by atoms with Crippen LogP contribution in [-0.2, 0) is 6.54 Å². The van der Waals surface area contributed by atoms with E-state index in [1.807, 2.05) is 12.1 Å². The molecule has 0 amide bonds. The second-order valence-electron chi connectivity index (χ2n) is 6.09. The molecule has 2 aliphatic rings. The minimum Gasteiger partial charge on any atom is -0.314 e. The largest absolute Gasteiger partial charge is 0.314 e. The van der Waals surface area contributed by atoms with Crippen LogP contribution in [0, 0.1) is 11.7 Å². The average molecular weight is 341 g/mol. The Bertz CT molecular complexity index is 460. The van der Waals surface area contributed by atoms with E-state index in [-0.39, 0.29) is 5.82 Å². The summed E-state index contributed by atoms with van der Waals surface area (Å²) in [6, 6.07) is 6.19. The van der Waals surface area contributed by atoms with Gasteiger partial charge in [0.2, 0.25) is 0 Å². The van der Waals surface area contributed by atoms with Gasteiger partial charge >= 0.3 is 0 Å². The van der Waals surface area contributed by atoms with Crippen LogP contribution < -0.4 is 5.32 Å². The van der Waals surface area contributed by atoms with E-state index < -0.39 is 0 Å². The zero-order valence-electron chi connectivity index (χ0n) is 11.7. The van der Waals surface area contributed by atoms with Crippen LogP contribution >= 0.6 is 15.9 Å². The van der Waals surface area contributed by atoms with E-state index in [4.69, 9.17) is 0 Å². The van der Waals surface area contributed by atoms with Crippen molar-refractivity contribution < 1.29 is 4.39 Å². The lowest BCUT2D eigenvalue weighted by atomic mass is 9.89. The molecule has 2 atom stereocenters. The predicted molar refractivity (Wildman–Crippen MR) is 83.1 cm³/mol. The van der Waals surface area contributed by atoms with E-state index in [9.17, 15) is 4.39 Å². The molecule has 4 heteroatoms. The van der Waals surface area contributed by atoms with Crippen LogP contribution in [0.5, 0.6) is 0 Å². The topological polar surface area (TPSA) is 15.3 Å². The smallest absolute Gasteiger partial charge is 0.137 e. The fourth-order valence-corrected chi connectivity index (χ4v) is 3.82. The molecule has 2 aliphatic heterocycles. The molecule has 2 saturated heterocycles. The van der Waals surface area contributed by atoms with Gasteiger partial charge in [-0.15, -0.1) is 0 Å². The third-order valence-corrected chi connectivity index (χ3v) is 5.24. The zero-order chi connectivity index (χ0) is 13.9. The molecule has 2 nitrogen and oxygen atoms in total. The van der Waals surface area contributed by atoms with Gasteiger partial charge in [-0.05, 0) is 78.3 Å². The SMILES string of the molecule is Fc1cc(CN2CCCC(C3CCCN3)C2)ccc1Br. The van der Waals surface area contributed by atoms with Crippen molar-refractivity contribution in [3.05, 3.63) is 34.1 Å². The van der Waals surface area contributed by atoms with Crippen molar-refractivity contribution in [2.24, 2.45) is 5.92 Å². The van der Waals surface area contributed by atoms with Crippen LogP contribution in [0.25, 0.3) is 0 Å². The van der Waals surface area contributed by atoms with Gasteiger partial charge in [0.1, 0.15) is 5.82 Å². The lowest BCUT2D eigenvalue weighted by Crippen LogP contribution is -2.43. The zero-order valence-corrected chi connectivity index (χ0v) is 13.3. The quantitative estimate of drug-likeness (QED) is 0.905. The lowest BCUT2D eigenvalue weighted by Gasteiger charge is -2.35. The summed E-state index contributed by atoms with van der Waals surface area (Å²) in [4.78, 5) is 2.48. The van der Waals surface area contributed by atoms with Gasteiger partial charge in [-0.3, -0.25) is 4.90 Å². The van der Waals surface area contributed by atoms with Crippen LogP contribution in [0.15, 0.2) is 22.7 Å². The van der Waals surface area contributed by atoms with E-state index in [1.165, 1.54) is 32.2 Å². The molecular weight excluding hydrogens is 319 g/mol. The first-order chi connectivity index (χ1) is 9.72. The normalized spacial score (nSPS) is 27.9. The van der Waals surface area contributed by atoms with Crippen LogP contribution in [0.4, 0.5) is 4.39 Å². The van der Waals surface area contributed by atoms with Crippen LogP contribution in [0.2, 0.25) is 0 Å². The molecule has 0 spiro atoms. The van der Waals surface area contributed by atoms with Gasteiger partial charge in [0.05, 0.1) is 4.47 Å². The second-order valence-corrected chi connectivity index (χ2v) is 6.94. The van der Waals surface area contributed by atoms with E-state index >= 15 is 0 Å². The molecule has 3 rings (SSSR count).